The Balaban J connectivity index is 1.69. The molecule has 0 saturated heterocycles. The number of benzene rings is 1. The van der Waals surface area contributed by atoms with Gasteiger partial charge in [-0.1, -0.05) is 64.4 Å². The smallest absolute Gasteiger partial charge is 0.129 e. The van der Waals surface area contributed by atoms with Gasteiger partial charge in [0.05, 0.1) is 0 Å². The van der Waals surface area contributed by atoms with Crippen LogP contribution in [0.5, 0.6) is 0 Å². The topological polar surface area (TPSA) is 0 Å². The summed E-state index contributed by atoms with van der Waals surface area (Å²) in [6, 6.07) is 3.96. The highest BCUT2D eigenvalue weighted by atomic mass is 19.1. The lowest BCUT2D eigenvalue weighted by atomic mass is 9.78. The Labute approximate surface area is 128 Å². The molecule has 0 aliphatic heterocycles. The Morgan fingerprint density at radius 3 is 2.24 bits per heavy atom. The van der Waals surface area contributed by atoms with Crippen molar-refractivity contribution in [1.29, 1.82) is 0 Å². The number of unbranched alkanes of at least 4 members (excludes halogenated alkanes) is 2. The summed E-state index contributed by atoms with van der Waals surface area (Å²) in [7, 11) is 0. The van der Waals surface area contributed by atoms with Gasteiger partial charge in [0.15, 0.2) is 0 Å². The van der Waals surface area contributed by atoms with Crippen molar-refractivity contribution in [2.75, 3.05) is 0 Å². The SMILES string of the molecule is CCCCC[C@H]1CC[C@H](CCc2ccc(F)cc2F)CC1. The Hall–Kier alpha value is -0.920. The van der Waals surface area contributed by atoms with E-state index in [1.165, 1.54) is 57.4 Å². The van der Waals surface area contributed by atoms with E-state index in [1.54, 1.807) is 6.07 Å². The van der Waals surface area contributed by atoms with Gasteiger partial charge in [-0.05, 0) is 36.3 Å². The van der Waals surface area contributed by atoms with Gasteiger partial charge in [-0.25, -0.2) is 8.78 Å². The van der Waals surface area contributed by atoms with Crippen molar-refractivity contribution in [1.82, 2.24) is 0 Å². The van der Waals surface area contributed by atoms with E-state index in [2.05, 4.69) is 6.92 Å². The minimum atomic E-state index is -0.483. The first kappa shape index (κ1) is 16.5. The zero-order chi connectivity index (χ0) is 15.1. The third-order valence-corrected chi connectivity index (χ3v) is 5.02. The lowest BCUT2D eigenvalue weighted by Gasteiger charge is -2.28. The number of halogens is 2. The highest BCUT2D eigenvalue weighted by molar-refractivity contribution is 5.18. The van der Waals surface area contributed by atoms with E-state index in [0.717, 1.165) is 30.7 Å². The van der Waals surface area contributed by atoms with Crippen LogP contribution in [0.2, 0.25) is 0 Å². The molecule has 1 saturated carbocycles. The van der Waals surface area contributed by atoms with Gasteiger partial charge in [-0.15, -0.1) is 0 Å². The first-order valence-electron chi connectivity index (χ1n) is 8.63. The van der Waals surface area contributed by atoms with E-state index in [9.17, 15) is 8.78 Å². The van der Waals surface area contributed by atoms with Crippen LogP contribution < -0.4 is 0 Å². The molecule has 1 aliphatic rings. The zero-order valence-electron chi connectivity index (χ0n) is 13.2. The number of hydrogen-bond acceptors (Lipinski definition) is 0. The van der Waals surface area contributed by atoms with Gasteiger partial charge in [0, 0.05) is 6.07 Å². The minimum Gasteiger partial charge on any atom is -0.207 e. The average Bonchev–Trinajstić information content (AvgIpc) is 2.48. The van der Waals surface area contributed by atoms with Crippen molar-refractivity contribution in [3.05, 3.63) is 35.4 Å². The van der Waals surface area contributed by atoms with E-state index in [0.29, 0.717) is 5.56 Å². The second-order valence-electron chi connectivity index (χ2n) is 6.66. The van der Waals surface area contributed by atoms with Gasteiger partial charge in [0.25, 0.3) is 0 Å². The van der Waals surface area contributed by atoms with Crippen LogP contribution in [0.4, 0.5) is 8.78 Å². The fourth-order valence-corrected chi connectivity index (χ4v) is 3.58. The molecule has 2 heteroatoms. The summed E-state index contributed by atoms with van der Waals surface area (Å²) in [5.41, 5.74) is 0.668. The molecule has 21 heavy (non-hydrogen) atoms. The van der Waals surface area contributed by atoms with Crippen molar-refractivity contribution in [2.45, 2.75) is 71.1 Å². The van der Waals surface area contributed by atoms with E-state index < -0.39 is 5.82 Å². The van der Waals surface area contributed by atoms with E-state index in [4.69, 9.17) is 0 Å². The summed E-state index contributed by atoms with van der Waals surface area (Å²) in [5, 5.41) is 0. The first-order chi connectivity index (χ1) is 10.2. The third-order valence-electron chi connectivity index (χ3n) is 5.02. The number of rotatable bonds is 7. The molecule has 0 radical (unpaired) electrons. The first-order valence-corrected chi connectivity index (χ1v) is 8.63. The predicted octanol–water partition coefficient (Wildman–Crippen LogP) is 6.28. The van der Waals surface area contributed by atoms with Crippen LogP contribution in [0.3, 0.4) is 0 Å². The average molecular weight is 294 g/mol. The van der Waals surface area contributed by atoms with Gasteiger partial charge in [0.1, 0.15) is 11.6 Å². The van der Waals surface area contributed by atoms with Crippen LogP contribution in [-0.4, -0.2) is 0 Å². The van der Waals surface area contributed by atoms with E-state index in [1.807, 2.05) is 0 Å². The van der Waals surface area contributed by atoms with Crippen LogP contribution in [0.1, 0.15) is 70.3 Å². The molecular weight excluding hydrogens is 266 g/mol. The molecule has 1 aromatic carbocycles. The summed E-state index contributed by atoms with van der Waals surface area (Å²) in [6.07, 6.45) is 12.5. The molecule has 0 N–H and O–H groups in total. The molecule has 0 aromatic heterocycles. The van der Waals surface area contributed by atoms with Crippen molar-refractivity contribution in [3.8, 4) is 0 Å². The maximum atomic E-state index is 13.6. The third kappa shape index (κ3) is 5.41. The highest BCUT2D eigenvalue weighted by Gasteiger charge is 2.21. The van der Waals surface area contributed by atoms with Gasteiger partial charge in [-0.3, -0.25) is 0 Å². The molecule has 1 aromatic rings. The van der Waals surface area contributed by atoms with Gasteiger partial charge in [-0.2, -0.15) is 0 Å². The van der Waals surface area contributed by atoms with E-state index >= 15 is 0 Å². The fourth-order valence-electron chi connectivity index (χ4n) is 3.58. The summed E-state index contributed by atoms with van der Waals surface area (Å²) in [4.78, 5) is 0. The monoisotopic (exact) mass is 294 g/mol. The summed E-state index contributed by atoms with van der Waals surface area (Å²) >= 11 is 0. The van der Waals surface area contributed by atoms with Crippen LogP contribution in [0, 0.1) is 23.5 Å². The molecule has 0 atom stereocenters. The molecule has 0 amide bonds. The molecule has 0 heterocycles. The Morgan fingerprint density at radius 2 is 1.62 bits per heavy atom. The maximum Gasteiger partial charge on any atom is 0.129 e. The Bertz CT molecular complexity index is 420. The van der Waals surface area contributed by atoms with Crippen LogP contribution in [0.25, 0.3) is 0 Å². The summed E-state index contributed by atoms with van der Waals surface area (Å²) in [5.74, 6) is 0.791. The van der Waals surface area contributed by atoms with Gasteiger partial charge in [0.2, 0.25) is 0 Å². The lowest BCUT2D eigenvalue weighted by Crippen LogP contribution is -2.15. The van der Waals surface area contributed by atoms with Crippen molar-refractivity contribution >= 4 is 0 Å². The van der Waals surface area contributed by atoms with Crippen molar-refractivity contribution in [2.24, 2.45) is 11.8 Å². The van der Waals surface area contributed by atoms with Crippen LogP contribution in [-0.2, 0) is 6.42 Å². The molecule has 0 bridgehead atoms. The van der Waals surface area contributed by atoms with Gasteiger partial charge >= 0.3 is 0 Å². The largest absolute Gasteiger partial charge is 0.207 e. The predicted molar refractivity (Wildman–Crippen MR) is 84.3 cm³/mol. The second-order valence-corrected chi connectivity index (χ2v) is 6.66. The van der Waals surface area contributed by atoms with Gasteiger partial charge < -0.3 is 0 Å². The molecule has 1 fully saturated rings. The molecule has 118 valence electrons. The maximum absolute atomic E-state index is 13.6. The minimum absolute atomic E-state index is 0.386. The standard InChI is InChI=1S/C19H28F2/c1-2-3-4-5-15-6-8-16(9-7-15)10-11-17-12-13-18(20)14-19(17)21/h12-16H,2-11H2,1H3/t15-,16-. The normalized spacial score (nSPS) is 22.4. The summed E-state index contributed by atoms with van der Waals surface area (Å²) in [6.45, 7) is 2.26. The highest BCUT2D eigenvalue weighted by Crippen LogP contribution is 2.34. The molecule has 0 unspecified atom stereocenters. The van der Waals surface area contributed by atoms with Crippen LogP contribution in [0.15, 0.2) is 18.2 Å². The molecular formula is C19H28F2. The fraction of sp³-hybridized carbons (Fsp3) is 0.684. The summed E-state index contributed by atoms with van der Waals surface area (Å²) < 4.78 is 26.5. The second kappa shape index (κ2) is 8.51. The molecule has 0 spiro atoms. The van der Waals surface area contributed by atoms with E-state index in [-0.39, 0.29) is 5.82 Å². The van der Waals surface area contributed by atoms with Crippen molar-refractivity contribution in [3.63, 3.8) is 0 Å². The molecule has 0 nitrogen and oxygen atoms in total. The van der Waals surface area contributed by atoms with Crippen molar-refractivity contribution < 1.29 is 8.78 Å². The molecule has 2 rings (SSSR count). The lowest BCUT2D eigenvalue weighted by molar-refractivity contribution is 0.248. The Morgan fingerprint density at radius 1 is 0.952 bits per heavy atom. The zero-order valence-corrected chi connectivity index (χ0v) is 13.2. The number of aryl methyl sites for hydroxylation is 1. The number of hydrogen-bond donors (Lipinski definition) is 0. The quantitative estimate of drug-likeness (QED) is 0.519. The Kier molecular flexibility index (Phi) is 6.66. The van der Waals surface area contributed by atoms with Crippen LogP contribution >= 0.6 is 0 Å². The molecule has 1 aliphatic carbocycles.